The van der Waals surface area contributed by atoms with Crippen molar-refractivity contribution < 1.29 is 9.50 Å². The maximum absolute atomic E-state index is 13.8. The van der Waals surface area contributed by atoms with Crippen LogP contribution in [0.25, 0.3) is 0 Å². The second-order valence-electron chi connectivity index (χ2n) is 5.69. The summed E-state index contributed by atoms with van der Waals surface area (Å²) in [7, 11) is 0. The Bertz CT molecular complexity index is 644. The van der Waals surface area contributed by atoms with E-state index in [0.717, 1.165) is 0 Å². The largest absolute Gasteiger partial charge is 0.381 e. The van der Waals surface area contributed by atoms with Crippen molar-refractivity contribution in [3.05, 3.63) is 36.0 Å². The van der Waals surface area contributed by atoms with E-state index >= 15 is 0 Å². The highest BCUT2D eigenvalue weighted by Gasteiger charge is 2.41. The fourth-order valence-corrected chi connectivity index (χ4v) is 2.54. The number of pyridine rings is 1. The van der Waals surface area contributed by atoms with Crippen molar-refractivity contribution in [2.45, 2.75) is 31.9 Å². The summed E-state index contributed by atoms with van der Waals surface area (Å²) >= 11 is 0. The zero-order chi connectivity index (χ0) is 15.0. The minimum absolute atomic E-state index is 0.181. The number of aliphatic hydroxyl groups is 1. The summed E-state index contributed by atoms with van der Waals surface area (Å²) in [5, 5.41) is 18.9. The van der Waals surface area contributed by atoms with E-state index in [0.29, 0.717) is 18.7 Å². The lowest BCUT2D eigenvalue weighted by Crippen LogP contribution is -2.32. The SMILES string of the molecule is CC(C)n1cc(C2(O)CCN(c3ncccc3F)C2)nn1. The molecular weight excluding hydrogens is 273 g/mol. The molecule has 0 radical (unpaired) electrons. The molecule has 0 bridgehead atoms. The van der Waals surface area contributed by atoms with Gasteiger partial charge in [-0.2, -0.15) is 0 Å². The first-order valence-corrected chi connectivity index (χ1v) is 7.00. The Morgan fingerprint density at radius 2 is 2.24 bits per heavy atom. The van der Waals surface area contributed by atoms with E-state index in [9.17, 15) is 9.50 Å². The average molecular weight is 291 g/mol. The highest BCUT2D eigenvalue weighted by molar-refractivity contribution is 5.42. The van der Waals surface area contributed by atoms with Crippen LogP contribution in [-0.2, 0) is 5.60 Å². The van der Waals surface area contributed by atoms with Gasteiger partial charge in [-0.1, -0.05) is 5.21 Å². The lowest BCUT2D eigenvalue weighted by molar-refractivity contribution is 0.0558. The van der Waals surface area contributed by atoms with Crippen LogP contribution in [0.3, 0.4) is 0 Å². The van der Waals surface area contributed by atoms with Gasteiger partial charge in [0.1, 0.15) is 11.3 Å². The van der Waals surface area contributed by atoms with Crippen LogP contribution in [0.4, 0.5) is 10.2 Å². The van der Waals surface area contributed by atoms with Gasteiger partial charge in [0, 0.05) is 25.2 Å². The van der Waals surface area contributed by atoms with Gasteiger partial charge in [0.25, 0.3) is 0 Å². The van der Waals surface area contributed by atoms with Crippen molar-refractivity contribution >= 4 is 5.82 Å². The van der Waals surface area contributed by atoms with Crippen molar-refractivity contribution in [2.75, 3.05) is 18.0 Å². The molecule has 1 atom stereocenters. The molecule has 112 valence electrons. The topological polar surface area (TPSA) is 67.1 Å². The van der Waals surface area contributed by atoms with E-state index in [1.807, 2.05) is 13.8 Å². The molecule has 3 rings (SSSR count). The average Bonchev–Trinajstić information content (AvgIpc) is 3.07. The van der Waals surface area contributed by atoms with Gasteiger partial charge in [0.2, 0.25) is 0 Å². The molecule has 1 saturated heterocycles. The van der Waals surface area contributed by atoms with E-state index in [-0.39, 0.29) is 24.2 Å². The maximum atomic E-state index is 13.8. The summed E-state index contributed by atoms with van der Waals surface area (Å²) in [6, 6.07) is 3.10. The normalized spacial score (nSPS) is 22.2. The maximum Gasteiger partial charge on any atom is 0.165 e. The van der Waals surface area contributed by atoms with Gasteiger partial charge in [-0.05, 0) is 26.0 Å². The third-order valence-corrected chi connectivity index (χ3v) is 3.80. The van der Waals surface area contributed by atoms with E-state index in [1.165, 1.54) is 6.07 Å². The molecule has 0 aliphatic carbocycles. The Labute approximate surface area is 122 Å². The highest BCUT2D eigenvalue weighted by Crippen LogP contribution is 2.33. The Kier molecular flexibility index (Phi) is 3.36. The fourth-order valence-electron chi connectivity index (χ4n) is 2.54. The summed E-state index contributed by atoms with van der Waals surface area (Å²) < 4.78 is 15.5. The van der Waals surface area contributed by atoms with Gasteiger partial charge in [0.05, 0.1) is 12.7 Å². The Balaban J connectivity index is 1.83. The molecule has 1 aliphatic rings. The van der Waals surface area contributed by atoms with E-state index in [1.54, 1.807) is 28.0 Å². The number of aromatic nitrogens is 4. The van der Waals surface area contributed by atoms with E-state index < -0.39 is 5.60 Å². The fraction of sp³-hybridized carbons (Fsp3) is 0.500. The lowest BCUT2D eigenvalue weighted by Gasteiger charge is -2.21. The predicted molar refractivity (Wildman–Crippen MR) is 75.3 cm³/mol. The van der Waals surface area contributed by atoms with E-state index in [4.69, 9.17) is 0 Å². The Hall–Kier alpha value is -2.02. The van der Waals surface area contributed by atoms with Gasteiger partial charge in [0.15, 0.2) is 11.6 Å². The number of anilines is 1. The second-order valence-corrected chi connectivity index (χ2v) is 5.69. The highest BCUT2D eigenvalue weighted by atomic mass is 19.1. The van der Waals surface area contributed by atoms with Crippen LogP contribution < -0.4 is 4.90 Å². The minimum atomic E-state index is -1.11. The number of nitrogens with zero attached hydrogens (tertiary/aromatic N) is 5. The standard InChI is InChI=1S/C14H18FN5O/c1-10(2)20-8-12(17-18-20)14(21)5-7-19(9-14)13-11(15)4-3-6-16-13/h3-4,6,8,10,21H,5,7,9H2,1-2H3. The van der Waals surface area contributed by atoms with Crippen LogP contribution in [0.1, 0.15) is 32.0 Å². The number of rotatable bonds is 3. The van der Waals surface area contributed by atoms with Crippen molar-refractivity contribution in [2.24, 2.45) is 0 Å². The lowest BCUT2D eigenvalue weighted by atomic mass is 10.00. The molecule has 3 heterocycles. The molecule has 21 heavy (non-hydrogen) atoms. The summed E-state index contributed by atoms with van der Waals surface area (Å²) in [6.45, 7) is 4.77. The molecule has 1 N–H and O–H groups in total. The summed E-state index contributed by atoms with van der Waals surface area (Å²) in [5.41, 5.74) is -0.591. The first-order valence-electron chi connectivity index (χ1n) is 7.00. The third-order valence-electron chi connectivity index (χ3n) is 3.80. The van der Waals surface area contributed by atoms with Gasteiger partial charge in [-0.25, -0.2) is 14.1 Å². The first-order chi connectivity index (χ1) is 9.99. The van der Waals surface area contributed by atoms with Crippen molar-refractivity contribution in [3.63, 3.8) is 0 Å². The first kappa shape index (κ1) is 13.9. The molecule has 7 heteroatoms. The molecular formula is C14H18FN5O. The number of hydrogen-bond donors (Lipinski definition) is 1. The number of halogens is 1. The molecule has 0 amide bonds. The zero-order valence-electron chi connectivity index (χ0n) is 12.1. The van der Waals surface area contributed by atoms with Crippen molar-refractivity contribution in [3.8, 4) is 0 Å². The Morgan fingerprint density at radius 1 is 1.43 bits per heavy atom. The molecule has 6 nitrogen and oxygen atoms in total. The number of hydrogen-bond acceptors (Lipinski definition) is 5. The van der Waals surface area contributed by atoms with Crippen LogP contribution in [0.2, 0.25) is 0 Å². The van der Waals surface area contributed by atoms with Crippen LogP contribution in [-0.4, -0.2) is 38.2 Å². The van der Waals surface area contributed by atoms with Crippen LogP contribution in [0, 0.1) is 5.82 Å². The minimum Gasteiger partial charge on any atom is -0.381 e. The van der Waals surface area contributed by atoms with Crippen molar-refractivity contribution in [1.29, 1.82) is 0 Å². The monoisotopic (exact) mass is 291 g/mol. The zero-order valence-corrected chi connectivity index (χ0v) is 12.1. The quantitative estimate of drug-likeness (QED) is 0.928. The molecule has 2 aromatic rings. The van der Waals surface area contributed by atoms with Crippen LogP contribution in [0.15, 0.2) is 24.5 Å². The predicted octanol–water partition coefficient (Wildman–Crippen LogP) is 1.49. The van der Waals surface area contributed by atoms with Crippen molar-refractivity contribution in [1.82, 2.24) is 20.0 Å². The second kappa shape index (κ2) is 5.07. The Morgan fingerprint density at radius 3 is 2.90 bits per heavy atom. The molecule has 1 aliphatic heterocycles. The molecule has 1 unspecified atom stereocenters. The summed E-state index contributed by atoms with van der Waals surface area (Å²) in [5.74, 6) is -0.114. The smallest absolute Gasteiger partial charge is 0.165 e. The summed E-state index contributed by atoms with van der Waals surface area (Å²) in [6.07, 6.45) is 3.77. The molecule has 0 aromatic carbocycles. The van der Waals surface area contributed by atoms with E-state index in [2.05, 4.69) is 15.3 Å². The third kappa shape index (κ3) is 2.49. The molecule has 0 saturated carbocycles. The van der Waals surface area contributed by atoms with Crippen LogP contribution in [0.5, 0.6) is 0 Å². The van der Waals surface area contributed by atoms with Gasteiger partial charge >= 0.3 is 0 Å². The van der Waals surface area contributed by atoms with Gasteiger partial charge in [-0.3, -0.25) is 0 Å². The molecule has 1 fully saturated rings. The number of β-amino-alcohol motifs (C(OH)–C–C–N with tert-alkyl or cyclic N) is 1. The molecule has 0 spiro atoms. The summed E-state index contributed by atoms with van der Waals surface area (Å²) in [4.78, 5) is 5.79. The molecule has 2 aromatic heterocycles. The van der Waals surface area contributed by atoms with Gasteiger partial charge in [-0.15, -0.1) is 5.10 Å². The van der Waals surface area contributed by atoms with Gasteiger partial charge < -0.3 is 10.0 Å². The van der Waals surface area contributed by atoms with Crippen LogP contribution >= 0.6 is 0 Å².